The summed E-state index contributed by atoms with van der Waals surface area (Å²) in [6.45, 7) is 3.10. The maximum absolute atomic E-state index is 13.2. The van der Waals surface area contributed by atoms with Crippen molar-refractivity contribution in [3.63, 3.8) is 0 Å². The molecular weight excluding hydrogens is 303 g/mol. The standard InChI is InChI=1S/C17H26ClFN2O/c1-20(2)17-7-8-21(12-14(17)4-3-9-22)11-13-5-6-16(19)15(18)10-13/h5-6,10,14,17,22H,3-4,7-9,11-12H2,1-2H3/t14-,17+/m0/s1. The van der Waals surface area contributed by atoms with Gasteiger partial charge in [-0.05, 0) is 63.5 Å². The first-order chi connectivity index (χ1) is 10.5. The number of halogens is 2. The summed E-state index contributed by atoms with van der Waals surface area (Å²) >= 11 is 5.87. The van der Waals surface area contributed by atoms with Crippen LogP contribution in [-0.4, -0.2) is 54.7 Å². The van der Waals surface area contributed by atoms with E-state index >= 15 is 0 Å². The highest BCUT2D eigenvalue weighted by Gasteiger charge is 2.30. The van der Waals surface area contributed by atoms with Crippen molar-refractivity contribution in [2.45, 2.75) is 31.8 Å². The van der Waals surface area contributed by atoms with Crippen molar-refractivity contribution in [1.82, 2.24) is 9.80 Å². The number of nitrogens with zero attached hydrogens (tertiary/aromatic N) is 2. The molecule has 0 radical (unpaired) electrons. The van der Waals surface area contributed by atoms with Crippen molar-refractivity contribution in [3.8, 4) is 0 Å². The normalized spacial score (nSPS) is 23.2. The molecule has 1 N–H and O–H groups in total. The Bertz CT molecular complexity index is 484. The van der Waals surface area contributed by atoms with Gasteiger partial charge in [-0.25, -0.2) is 4.39 Å². The lowest BCUT2D eigenvalue weighted by molar-refractivity contribution is 0.0717. The van der Waals surface area contributed by atoms with Gasteiger partial charge in [0.2, 0.25) is 0 Å². The highest BCUT2D eigenvalue weighted by Crippen LogP contribution is 2.26. The summed E-state index contributed by atoms with van der Waals surface area (Å²) in [5.74, 6) is 0.198. The molecule has 0 unspecified atom stereocenters. The Morgan fingerprint density at radius 1 is 1.41 bits per heavy atom. The first-order valence-corrected chi connectivity index (χ1v) is 8.32. The summed E-state index contributed by atoms with van der Waals surface area (Å²) in [7, 11) is 4.26. The van der Waals surface area contributed by atoms with E-state index in [1.165, 1.54) is 6.07 Å². The van der Waals surface area contributed by atoms with Crippen LogP contribution < -0.4 is 0 Å². The third-order valence-electron chi connectivity index (χ3n) is 4.56. The zero-order chi connectivity index (χ0) is 16.1. The lowest BCUT2D eigenvalue weighted by Crippen LogP contribution is -2.48. The zero-order valence-electron chi connectivity index (χ0n) is 13.4. The van der Waals surface area contributed by atoms with Gasteiger partial charge in [0.15, 0.2) is 0 Å². The Kier molecular flexibility index (Phi) is 6.63. The number of aliphatic hydroxyl groups is 1. The van der Waals surface area contributed by atoms with Gasteiger partial charge in [0.05, 0.1) is 5.02 Å². The molecule has 2 rings (SSSR count). The highest BCUT2D eigenvalue weighted by molar-refractivity contribution is 6.30. The molecular formula is C17H26ClFN2O. The molecule has 2 atom stereocenters. The van der Waals surface area contributed by atoms with E-state index in [-0.39, 0.29) is 17.4 Å². The molecule has 1 heterocycles. The Labute approximate surface area is 137 Å². The average molecular weight is 329 g/mol. The van der Waals surface area contributed by atoms with Gasteiger partial charge >= 0.3 is 0 Å². The van der Waals surface area contributed by atoms with Crippen molar-refractivity contribution in [2.24, 2.45) is 5.92 Å². The summed E-state index contributed by atoms with van der Waals surface area (Å²) in [5.41, 5.74) is 1.05. The van der Waals surface area contributed by atoms with E-state index in [4.69, 9.17) is 16.7 Å². The number of likely N-dealkylation sites (tertiary alicyclic amines) is 1. The SMILES string of the molecule is CN(C)[C@@H]1CCN(Cc2ccc(F)c(Cl)c2)C[C@@H]1CCCO. The first-order valence-electron chi connectivity index (χ1n) is 7.95. The third-order valence-corrected chi connectivity index (χ3v) is 4.85. The van der Waals surface area contributed by atoms with Crippen LogP contribution in [0.1, 0.15) is 24.8 Å². The van der Waals surface area contributed by atoms with Gasteiger partial charge in [0.1, 0.15) is 5.82 Å². The Morgan fingerprint density at radius 3 is 2.82 bits per heavy atom. The van der Waals surface area contributed by atoms with Gasteiger partial charge in [-0.15, -0.1) is 0 Å². The molecule has 3 nitrogen and oxygen atoms in total. The minimum atomic E-state index is -0.363. The Morgan fingerprint density at radius 2 is 2.18 bits per heavy atom. The second kappa shape index (κ2) is 8.25. The number of hydrogen-bond donors (Lipinski definition) is 1. The molecule has 1 aromatic carbocycles. The van der Waals surface area contributed by atoms with Crippen LogP contribution in [0.4, 0.5) is 4.39 Å². The second-order valence-electron chi connectivity index (χ2n) is 6.43. The summed E-state index contributed by atoms with van der Waals surface area (Å²) in [5, 5.41) is 9.29. The van der Waals surface area contributed by atoms with Crippen molar-refractivity contribution < 1.29 is 9.50 Å². The smallest absolute Gasteiger partial charge is 0.141 e. The summed E-state index contributed by atoms with van der Waals surface area (Å²) < 4.78 is 13.2. The fourth-order valence-corrected chi connectivity index (χ4v) is 3.66. The minimum absolute atomic E-state index is 0.192. The molecule has 0 aromatic heterocycles. The van der Waals surface area contributed by atoms with Gasteiger partial charge in [-0.2, -0.15) is 0 Å². The Hall–Kier alpha value is -0.680. The summed E-state index contributed by atoms with van der Waals surface area (Å²) in [6.07, 6.45) is 3.02. The van der Waals surface area contributed by atoms with Gasteiger partial charge in [-0.3, -0.25) is 4.90 Å². The molecule has 1 aliphatic rings. The average Bonchev–Trinajstić information content (AvgIpc) is 2.49. The van der Waals surface area contributed by atoms with E-state index in [0.717, 1.165) is 44.5 Å². The summed E-state index contributed by atoms with van der Waals surface area (Å²) in [6, 6.07) is 5.53. The maximum Gasteiger partial charge on any atom is 0.141 e. The molecule has 0 spiro atoms. The predicted octanol–water partition coefficient (Wildman–Crippen LogP) is 3.00. The molecule has 0 amide bonds. The van der Waals surface area contributed by atoms with E-state index < -0.39 is 0 Å². The number of hydrogen-bond acceptors (Lipinski definition) is 3. The largest absolute Gasteiger partial charge is 0.396 e. The number of aliphatic hydroxyl groups excluding tert-OH is 1. The molecule has 124 valence electrons. The molecule has 0 aliphatic carbocycles. The van der Waals surface area contributed by atoms with Crippen molar-refractivity contribution >= 4 is 11.6 Å². The van der Waals surface area contributed by atoms with Gasteiger partial charge in [0.25, 0.3) is 0 Å². The van der Waals surface area contributed by atoms with Gasteiger partial charge < -0.3 is 10.0 Å². The number of rotatable bonds is 6. The monoisotopic (exact) mass is 328 g/mol. The molecule has 1 saturated heterocycles. The summed E-state index contributed by atoms with van der Waals surface area (Å²) in [4.78, 5) is 4.71. The van der Waals surface area contributed by atoms with E-state index in [1.807, 2.05) is 6.07 Å². The van der Waals surface area contributed by atoms with Crippen LogP contribution in [0.3, 0.4) is 0 Å². The number of piperidine rings is 1. The van der Waals surface area contributed by atoms with Crippen LogP contribution in [0.5, 0.6) is 0 Å². The van der Waals surface area contributed by atoms with Crippen LogP contribution in [-0.2, 0) is 6.54 Å². The maximum atomic E-state index is 13.2. The quantitative estimate of drug-likeness (QED) is 0.869. The topological polar surface area (TPSA) is 26.7 Å². The molecule has 22 heavy (non-hydrogen) atoms. The molecule has 1 aliphatic heterocycles. The van der Waals surface area contributed by atoms with Gasteiger partial charge in [0, 0.05) is 25.7 Å². The first kappa shape index (κ1) is 17.7. The van der Waals surface area contributed by atoms with E-state index in [2.05, 4.69) is 23.9 Å². The zero-order valence-corrected chi connectivity index (χ0v) is 14.2. The van der Waals surface area contributed by atoms with Crippen molar-refractivity contribution in [1.29, 1.82) is 0 Å². The third kappa shape index (κ3) is 4.66. The van der Waals surface area contributed by atoms with Crippen LogP contribution in [0.15, 0.2) is 18.2 Å². The second-order valence-corrected chi connectivity index (χ2v) is 6.84. The van der Waals surface area contributed by atoms with Crippen molar-refractivity contribution in [2.75, 3.05) is 33.8 Å². The number of benzene rings is 1. The molecule has 1 aromatic rings. The van der Waals surface area contributed by atoms with Crippen LogP contribution in [0, 0.1) is 11.7 Å². The predicted molar refractivity (Wildman–Crippen MR) is 88.6 cm³/mol. The minimum Gasteiger partial charge on any atom is -0.396 e. The van der Waals surface area contributed by atoms with Crippen LogP contribution in [0.2, 0.25) is 5.02 Å². The van der Waals surface area contributed by atoms with Gasteiger partial charge in [-0.1, -0.05) is 17.7 Å². The lowest BCUT2D eigenvalue weighted by Gasteiger charge is -2.41. The molecule has 0 saturated carbocycles. The van der Waals surface area contributed by atoms with Crippen LogP contribution >= 0.6 is 11.6 Å². The molecule has 5 heteroatoms. The van der Waals surface area contributed by atoms with Crippen molar-refractivity contribution in [3.05, 3.63) is 34.6 Å². The molecule has 0 bridgehead atoms. The molecule has 1 fully saturated rings. The van der Waals surface area contributed by atoms with Crippen LogP contribution in [0.25, 0.3) is 0 Å². The van der Waals surface area contributed by atoms with E-state index in [1.54, 1.807) is 6.07 Å². The Balaban J connectivity index is 1.99. The highest BCUT2D eigenvalue weighted by atomic mass is 35.5. The lowest BCUT2D eigenvalue weighted by atomic mass is 9.87. The fraction of sp³-hybridized carbons (Fsp3) is 0.647. The van der Waals surface area contributed by atoms with E-state index in [9.17, 15) is 4.39 Å². The van der Waals surface area contributed by atoms with E-state index in [0.29, 0.717) is 12.0 Å². The fourth-order valence-electron chi connectivity index (χ4n) is 3.45.